The Balaban J connectivity index is 2.10. The van der Waals surface area contributed by atoms with Crippen molar-refractivity contribution in [2.24, 2.45) is 0 Å². The highest BCUT2D eigenvalue weighted by Crippen LogP contribution is 2.34. The molecular weight excluding hydrogens is 312 g/mol. The van der Waals surface area contributed by atoms with Gasteiger partial charge in [0.1, 0.15) is 0 Å². The molecule has 0 spiro atoms. The molecule has 0 aliphatic carbocycles. The normalized spacial score (nSPS) is 12.1. The number of carbonyl (C=O) groups is 1. The molecule has 1 nitrogen and oxygen atoms in total. The molecule has 0 saturated carbocycles. The lowest BCUT2D eigenvalue weighted by molar-refractivity contribution is 0.0982. The Morgan fingerprint density at radius 1 is 1.09 bits per heavy atom. The van der Waals surface area contributed by atoms with Gasteiger partial charge in [0.2, 0.25) is 0 Å². The fourth-order valence-corrected chi connectivity index (χ4v) is 3.72. The van der Waals surface area contributed by atoms with Crippen LogP contribution in [0.1, 0.15) is 47.4 Å². The molecule has 2 aromatic rings. The molecule has 0 amide bonds. The summed E-state index contributed by atoms with van der Waals surface area (Å²) in [4.78, 5) is 12.5. The van der Waals surface area contributed by atoms with Crippen LogP contribution >= 0.6 is 23.4 Å². The van der Waals surface area contributed by atoms with Gasteiger partial charge in [0.15, 0.2) is 5.78 Å². The minimum absolute atomic E-state index is 0.191. The van der Waals surface area contributed by atoms with Crippen LogP contribution in [0.25, 0.3) is 0 Å². The van der Waals surface area contributed by atoms with Crippen LogP contribution in [0.4, 0.5) is 0 Å². The van der Waals surface area contributed by atoms with Gasteiger partial charge in [0.05, 0.1) is 0 Å². The number of halogens is 1. The predicted octanol–water partition coefficient (Wildman–Crippen LogP) is 6.19. The Hall–Kier alpha value is -1.25. The summed E-state index contributed by atoms with van der Waals surface area (Å²) in [5.41, 5.74) is 1.97. The standard InChI is InChI=1S/C19H21ClOS/c1-2-3-13-22-19(16-9-11-17(20)12-10-16)14-18(21)15-7-5-4-6-8-15/h4-12,19H,2-3,13-14H2,1H3. The van der Waals surface area contributed by atoms with E-state index in [1.165, 1.54) is 18.4 Å². The van der Waals surface area contributed by atoms with Crippen LogP contribution in [0.15, 0.2) is 54.6 Å². The van der Waals surface area contributed by atoms with Crippen LogP contribution in [-0.4, -0.2) is 11.5 Å². The SMILES string of the molecule is CCCCSC(CC(=O)c1ccccc1)c1ccc(Cl)cc1. The summed E-state index contributed by atoms with van der Waals surface area (Å²) in [6.45, 7) is 2.19. The second-order valence-corrected chi connectivity index (χ2v) is 7.00. The van der Waals surface area contributed by atoms with Gasteiger partial charge in [-0.25, -0.2) is 0 Å². The number of unbranched alkanes of at least 4 members (excludes halogenated alkanes) is 1. The molecule has 0 aliphatic rings. The summed E-state index contributed by atoms with van der Waals surface area (Å²) in [6.07, 6.45) is 2.88. The van der Waals surface area contributed by atoms with E-state index in [-0.39, 0.29) is 11.0 Å². The fourth-order valence-electron chi connectivity index (χ4n) is 2.23. The van der Waals surface area contributed by atoms with Gasteiger partial charge in [-0.3, -0.25) is 4.79 Å². The number of ketones is 1. The van der Waals surface area contributed by atoms with Crippen LogP contribution in [0.5, 0.6) is 0 Å². The van der Waals surface area contributed by atoms with Crippen molar-refractivity contribution in [3.63, 3.8) is 0 Å². The number of benzene rings is 2. The topological polar surface area (TPSA) is 17.1 Å². The molecule has 0 aliphatic heterocycles. The first-order chi connectivity index (χ1) is 10.7. The van der Waals surface area contributed by atoms with E-state index in [2.05, 4.69) is 6.92 Å². The lowest BCUT2D eigenvalue weighted by atomic mass is 10.0. The van der Waals surface area contributed by atoms with Crippen molar-refractivity contribution in [1.29, 1.82) is 0 Å². The molecule has 0 fully saturated rings. The Kier molecular flexibility index (Phi) is 7.01. The average Bonchev–Trinajstić information content (AvgIpc) is 2.55. The largest absolute Gasteiger partial charge is 0.294 e. The van der Waals surface area contributed by atoms with Crippen LogP contribution in [0.2, 0.25) is 5.02 Å². The van der Waals surface area contributed by atoms with Gasteiger partial charge in [0, 0.05) is 22.3 Å². The van der Waals surface area contributed by atoms with Crippen molar-refractivity contribution in [2.75, 3.05) is 5.75 Å². The molecule has 0 heterocycles. The van der Waals surface area contributed by atoms with Crippen LogP contribution in [0.3, 0.4) is 0 Å². The summed E-state index contributed by atoms with van der Waals surface area (Å²) in [7, 11) is 0. The van der Waals surface area contributed by atoms with E-state index < -0.39 is 0 Å². The van der Waals surface area contributed by atoms with Crippen molar-refractivity contribution < 1.29 is 4.79 Å². The molecule has 1 atom stereocenters. The average molecular weight is 333 g/mol. The number of rotatable bonds is 8. The molecule has 1 unspecified atom stereocenters. The first-order valence-corrected chi connectivity index (χ1v) is 9.08. The van der Waals surface area contributed by atoms with Gasteiger partial charge in [-0.1, -0.05) is 67.4 Å². The first-order valence-electron chi connectivity index (χ1n) is 7.66. The van der Waals surface area contributed by atoms with Crippen LogP contribution in [0, 0.1) is 0 Å². The van der Waals surface area contributed by atoms with Gasteiger partial charge in [-0.2, -0.15) is 11.8 Å². The summed E-state index contributed by atoms with van der Waals surface area (Å²) in [6, 6.07) is 17.4. The molecule has 22 heavy (non-hydrogen) atoms. The molecule has 2 rings (SSSR count). The molecule has 0 saturated heterocycles. The lowest BCUT2D eigenvalue weighted by Gasteiger charge is -2.16. The Bertz CT molecular complexity index is 580. The van der Waals surface area contributed by atoms with Crippen molar-refractivity contribution in [1.82, 2.24) is 0 Å². The molecule has 116 valence electrons. The van der Waals surface area contributed by atoms with Gasteiger partial charge in [-0.15, -0.1) is 0 Å². The third-order valence-corrected chi connectivity index (χ3v) is 5.14. The summed E-state index contributed by atoms with van der Waals surface area (Å²) < 4.78 is 0. The smallest absolute Gasteiger partial charge is 0.164 e. The van der Waals surface area contributed by atoms with Crippen LogP contribution in [-0.2, 0) is 0 Å². The van der Waals surface area contributed by atoms with Gasteiger partial charge < -0.3 is 0 Å². The van der Waals surface area contributed by atoms with E-state index in [1.807, 2.05) is 66.4 Å². The van der Waals surface area contributed by atoms with E-state index in [4.69, 9.17) is 11.6 Å². The maximum Gasteiger partial charge on any atom is 0.164 e. The summed E-state index contributed by atoms with van der Waals surface area (Å²) in [5.74, 6) is 1.27. The minimum Gasteiger partial charge on any atom is -0.294 e. The second kappa shape index (κ2) is 9.02. The van der Waals surface area contributed by atoms with E-state index in [9.17, 15) is 4.79 Å². The minimum atomic E-state index is 0.191. The summed E-state index contributed by atoms with van der Waals surface area (Å²) >= 11 is 7.84. The number of hydrogen-bond donors (Lipinski definition) is 0. The number of Topliss-reactive ketones (excluding diaryl/α,β-unsaturated/α-hetero) is 1. The Labute approximate surface area is 142 Å². The van der Waals surface area contributed by atoms with E-state index in [0.717, 1.165) is 16.3 Å². The Morgan fingerprint density at radius 3 is 2.41 bits per heavy atom. The third kappa shape index (κ3) is 5.19. The highest BCUT2D eigenvalue weighted by Gasteiger charge is 2.17. The van der Waals surface area contributed by atoms with Crippen molar-refractivity contribution >= 4 is 29.1 Å². The van der Waals surface area contributed by atoms with Crippen molar-refractivity contribution in [2.45, 2.75) is 31.4 Å². The van der Waals surface area contributed by atoms with E-state index in [0.29, 0.717) is 6.42 Å². The van der Waals surface area contributed by atoms with Gasteiger partial charge in [0.25, 0.3) is 0 Å². The fraction of sp³-hybridized carbons (Fsp3) is 0.316. The third-order valence-electron chi connectivity index (χ3n) is 3.53. The zero-order valence-electron chi connectivity index (χ0n) is 12.8. The van der Waals surface area contributed by atoms with Gasteiger partial charge >= 0.3 is 0 Å². The second-order valence-electron chi connectivity index (χ2n) is 5.26. The number of hydrogen-bond acceptors (Lipinski definition) is 2. The highest BCUT2D eigenvalue weighted by molar-refractivity contribution is 7.99. The predicted molar refractivity (Wildman–Crippen MR) is 96.9 cm³/mol. The summed E-state index contributed by atoms with van der Waals surface area (Å²) in [5, 5.41) is 0.923. The van der Waals surface area contributed by atoms with E-state index in [1.54, 1.807) is 0 Å². The number of thioether (sulfide) groups is 1. The van der Waals surface area contributed by atoms with Crippen molar-refractivity contribution in [3.05, 3.63) is 70.7 Å². The van der Waals surface area contributed by atoms with Crippen molar-refractivity contribution in [3.8, 4) is 0 Å². The first kappa shape index (κ1) is 17.1. The lowest BCUT2D eigenvalue weighted by Crippen LogP contribution is -2.06. The molecule has 0 N–H and O–H groups in total. The zero-order chi connectivity index (χ0) is 15.8. The molecule has 2 aromatic carbocycles. The van der Waals surface area contributed by atoms with E-state index >= 15 is 0 Å². The molecule has 0 aromatic heterocycles. The number of carbonyl (C=O) groups excluding carboxylic acids is 1. The molecule has 0 bridgehead atoms. The quantitative estimate of drug-likeness (QED) is 0.423. The zero-order valence-corrected chi connectivity index (χ0v) is 14.4. The molecule has 0 radical (unpaired) electrons. The highest BCUT2D eigenvalue weighted by atomic mass is 35.5. The molecular formula is C19H21ClOS. The maximum absolute atomic E-state index is 12.5. The maximum atomic E-state index is 12.5. The monoisotopic (exact) mass is 332 g/mol. The Morgan fingerprint density at radius 2 is 1.77 bits per heavy atom. The van der Waals surface area contributed by atoms with Crippen LogP contribution < -0.4 is 0 Å². The van der Waals surface area contributed by atoms with Gasteiger partial charge in [-0.05, 0) is 29.9 Å². The molecule has 3 heteroatoms.